The van der Waals surface area contributed by atoms with Gasteiger partial charge in [0.25, 0.3) is 5.91 Å². The highest BCUT2D eigenvalue weighted by atomic mass is 16.5. The summed E-state index contributed by atoms with van der Waals surface area (Å²) in [5.74, 6) is 0.425. The zero-order valence-corrected chi connectivity index (χ0v) is 16.3. The van der Waals surface area contributed by atoms with Gasteiger partial charge in [0.05, 0.1) is 27.2 Å². The number of hydrogen-bond donors (Lipinski definition) is 2. The normalized spacial score (nSPS) is 15.8. The molecular weight excluding hydrogens is 374 g/mol. The molecular formula is C21H23N3O5. The average Bonchev–Trinajstić information content (AvgIpc) is 3.00. The molecule has 0 saturated carbocycles. The van der Waals surface area contributed by atoms with Gasteiger partial charge in [-0.3, -0.25) is 14.5 Å². The molecule has 0 spiro atoms. The Morgan fingerprint density at radius 1 is 1.03 bits per heavy atom. The van der Waals surface area contributed by atoms with Crippen molar-refractivity contribution in [3.63, 3.8) is 0 Å². The Morgan fingerprint density at radius 3 is 2.45 bits per heavy atom. The summed E-state index contributed by atoms with van der Waals surface area (Å²) in [7, 11) is 3.09. The van der Waals surface area contributed by atoms with Crippen LogP contribution in [0.4, 0.5) is 4.79 Å². The zero-order valence-electron chi connectivity index (χ0n) is 16.3. The van der Waals surface area contributed by atoms with Crippen molar-refractivity contribution in [3.8, 4) is 11.5 Å². The van der Waals surface area contributed by atoms with Crippen molar-refractivity contribution in [2.24, 2.45) is 0 Å². The number of imide groups is 1. The van der Waals surface area contributed by atoms with Crippen LogP contribution in [0.25, 0.3) is 0 Å². The van der Waals surface area contributed by atoms with E-state index in [2.05, 4.69) is 10.6 Å². The predicted molar refractivity (Wildman–Crippen MR) is 105 cm³/mol. The van der Waals surface area contributed by atoms with Crippen molar-refractivity contribution in [1.29, 1.82) is 0 Å². The van der Waals surface area contributed by atoms with Crippen LogP contribution in [0.2, 0.25) is 0 Å². The number of carbonyl (C=O) groups excluding carboxylic acids is 3. The number of carbonyl (C=O) groups is 3. The number of benzene rings is 2. The van der Waals surface area contributed by atoms with E-state index >= 15 is 0 Å². The fourth-order valence-electron chi connectivity index (χ4n) is 3.08. The van der Waals surface area contributed by atoms with Crippen molar-refractivity contribution in [2.45, 2.75) is 25.6 Å². The van der Waals surface area contributed by atoms with Crippen molar-refractivity contribution in [3.05, 3.63) is 59.7 Å². The molecule has 2 aromatic rings. The molecule has 1 fully saturated rings. The summed E-state index contributed by atoms with van der Waals surface area (Å²) in [6, 6.07) is 13.2. The molecule has 1 unspecified atom stereocenters. The first-order chi connectivity index (χ1) is 14.0. The number of amides is 4. The van der Waals surface area contributed by atoms with Gasteiger partial charge in [0.1, 0.15) is 6.04 Å². The molecule has 0 aromatic heterocycles. The van der Waals surface area contributed by atoms with Gasteiger partial charge >= 0.3 is 6.03 Å². The van der Waals surface area contributed by atoms with Crippen LogP contribution in [-0.2, 0) is 22.7 Å². The van der Waals surface area contributed by atoms with Crippen molar-refractivity contribution in [1.82, 2.24) is 15.5 Å². The number of hydrogen-bond acceptors (Lipinski definition) is 5. The Balaban J connectivity index is 1.54. The van der Waals surface area contributed by atoms with E-state index < -0.39 is 18.0 Å². The monoisotopic (exact) mass is 397 g/mol. The van der Waals surface area contributed by atoms with Gasteiger partial charge in [0.2, 0.25) is 5.91 Å². The van der Waals surface area contributed by atoms with Gasteiger partial charge in [0, 0.05) is 6.54 Å². The van der Waals surface area contributed by atoms with Crippen LogP contribution in [-0.4, -0.2) is 43.0 Å². The Kier molecular flexibility index (Phi) is 6.33. The highest BCUT2D eigenvalue weighted by Gasteiger charge is 2.38. The molecule has 0 bridgehead atoms. The lowest BCUT2D eigenvalue weighted by Crippen LogP contribution is -2.36. The Bertz CT molecular complexity index is 900. The summed E-state index contributed by atoms with van der Waals surface area (Å²) in [5, 5.41) is 5.33. The van der Waals surface area contributed by atoms with Crippen molar-refractivity contribution >= 4 is 17.8 Å². The van der Waals surface area contributed by atoms with Gasteiger partial charge in [0.15, 0.2) is 11.5 Å². The third kappa shape index (κ3) is 4.84. The van der Waals surface area contributed by atoms with Crippen LogP contribution >= 0.6 is 0 Å². The van der Waals surface area contributed by atoms with E-state index in [1.165, 1.54) is 7.11 Å². The number of nitrogens with one attached hydrogen (secondary N) is 2. The number of urea groups is 1. The molecule has 4 amide bonds. The van der Waals surface area contributed by atoms with Gasteiger partial charge in [-0.05, 0) is 23.3 Å². The van der Waals surface area contributed by atoms with E-state index in [4.69, 9.17) is 9.47 Å². The molecule has 1 aliphatic heterocycles. The minimum atomic E-state index is -0.864. The maximum absolute atomic E-state index is 12.5. The largest absolute Gasteiger partial charge is 0.493 e. The first-order valence-electron chi connectivity index (χ1n) is 9.15. The molecule has 152 valence electrons. The fourth-order valence-corrected chi connectivity index (χ4v) is 3.08. The molecule has 0 radical (unpaired) electrons. The van der Waals surface area contributed by atoms with Crippen LogP contribution in [0.15, 0.2) is 48.5 Å². The van der Waals surface area contributed by atoms with Gasteiger partial charge < -0.3 is 20.1 Å². The standard InChI is InChI=1S/C21H23N3O5/c1-28-17-9-8-15(10-18(17)29-2)12-22-19(25)11-16-20(26)24(21(27)23-16)13-14-6-4-3-5-7-14/h3-10,16H,11-13H2,1-2H3,(H,22,25)(H,23,27). The molecule has 8 nitrogen and oxygen atoms in total. The average molecular weight is 397 g/mol. The number of nitrogens with zero attached hydrogens (tertiary/aromatic N) is 1. The first kappa shape index (κ1) is 20.2. The van der Waals surface area contributed by atoms with E-state index in [1.807, 2.05) is 36.4 Å². The van der Waals surface area contributed by atoms with Gasteiger partial charge in [-0.2, -0.15) is 0 Å². The lowest BCUT2D eigenvalue weighted by Gasteiger charge is -2.13. The number of methoxy groups -OCH3 is 2. The quantitative estimate of drug-likeness (QED) is 0.663. The molecule has 2 aromatic carbocycles. The van der Waals surface area contributed by atoms with Gasteiger partial charge in [-0.15, -0.1) is 0 Å². The molecule has 1 aliphatic rings. The van der Waals surface area contributed by atoms with E-state index in [0.29, 0.717) is 11.5 Å². The van der Waals surface area contributed by atoms with Crippen LogP contribution in [0.3, 0.4) is 0 Å². The van der Waals surface area contributed by atoms with Crippen LogP contribution in [0, 0.1) is 0 Å². The van der Waals surface area contributed by atoms with Crippen molar-refractivity contribution in [2.75, 3.05) is 14.2 Å². The smallest absolute Gasteiger partial charge is 0.325 e. The summed E-state index contributed by atoms with van der Waals surface area (Å²) in [4.78, 5) is 38.0. The van der Waals surface area contributed by atoms with E-state index in [-0.39, 0.29) is 25.4 Å². The van der Waals surface area contributed by atoms with Gasteiger partial charge in [-0.25, -0.2) is 4.79 Å². The molecule has 0 aliphatic carbocycles. The molecule has 1 saturated heterocycles. The zero-order chi connectivity index (χ0) is 20.8. The third-order valence-electron chi connectivity index (χ3n) is 4.62. The fraction of sp³-hybridized carbons (Fsp3) is 0.286. The summed E-state index contributed by atoms with van der Waals surface area (Å²) < 4.78 is 10.4. The van der Waals surface area contributed by atoms with Crippen LogP contribution < -0.4 is 20.1 Å². The summed E-state index contributed by atoms with van der Waals surface area (Å²) in [6.45, 7) is 0.442. The van der Waals surface area contributed by atoms with Gasteiger partial charge in [-0.1, -0.05) is 36.4 Å². The lowest BCUT2D eigenvalue weighted by molar-refractivity contribution is -0.131. The minimum absolute atomic E-state index is 0.122. The molecule has 3 rings (SSSR count). The topological polar surface area (TPSA) is 97.0 Å². The minimum Gasteiger partial charge on any atom is -0.493 e. The molecule has 2 N–H and O–H groups in total. The Labute approximate surface area is 168 Å². The SMILES string of the molecule is COc1ccc(CNC(=O)CC2NC(=O)N(Cc3ccccc3)C2=O)cc1OC. The highest BCUT2D eigenvalue weighted by molar-refractivity contribution is 6.05. The second kappa shape index (κ2) is 9.09. The molecule has 8 heteroatoms. The number of rotatable bonds is 8. The molecule has 1 atom stereocenters. The second-order valence-corrected chi connectivity index (χ2v) is 6.58. The summed E-state index contributed by atoms with van der Waals surface area (Å²) in [5.41, 5.74) is 1.66. The van der Waals surface area contributed by atoms with Crippen LogP contribution in [0.1, 0.15) is 17.5 Å². The Hall–Kier alpha value is -3.55. The second-order valence-electron chi connectivity index (χ2n) is 6.58. The summed E-state index contributed by atoms with van der Waals surface area (Å²) >= 11 is 0. The predicted octanol–water partition coefficient (Wildman–Crippen LogP) is 1.83. The lowest BCUT2D eigenvalue weighted by atomic mass is 10.1. The van der Waals surface area contributed by atoms with E-state index in [1.54, 1.807) is 19.2 Å². The first-order valence-corrected chi connectivity index (χ1v) is 9.15. The van der Waals surface area contributed by atoms with Crippen molar-refractivity contribution < 1.29 is 23.9 Å². The molecule has 29 heavy (non-hydrogen) atoms. The van der Waals surface area contributed by atoms with E-state index in [0.717, 1.165) is 16.0 Å². The highest BCUT2D eigenvalue weighted by Crippen LogP contribution is 2.27. The third-order valence-corrected chi connectivity index (χ3v) is 4.62. The van der Waals surface area contributed by atoms with E-state index in [9.17, 15) is 14.4 Å². The summed E-state index contributed by atoms with van der Waals surface area (Å²) in [6.07, 6.45) is -0.122. The molecule has 1 heterocycles. The Morgan fingerprint density at radius 2 is 1.76 bits per heavy atom. The number of ether oxygens (including phenoxy) is 2. The maximum Gasteiger partial charge on any atom is 0.325 e. The van der Waals surface area contributed by atoms with Crippen LogP contribution in [0.5, 0.6) is 11.5 Å². The maximum atomic E-state index is 12.5.